The van der Waals surface area contributed by atoms with Gasteiger partial charge in [0.25, 0.3) is 0 Å². The van der Waals surface area contributed by atoms with Gasteiger partial charge in [0.05, 0.1) is 4.92 Å². The van der Waals surface area contributed by atoms with Gasteiger partial charge in [-0.05, 0) is 42.7 Å². The molecular weight excluding hydrogens is 334 g/mol. The van der Waals surface area contributed by atoms with Gasteiger partial charge in [0.2, 0.25) is 5.82 Å². The summed E-state index contributed by atoms with van der Waals surface area (Å²) in [5.41, 5.74) is 1.77. The van der Waals surface area contributed by atoms with Gasteiger partial charge in [-0.2, -0.15) is 4.98 Å². The Hall–Kier alpha value is -3.55. The van der Waals surface area contributed by atoms with Gasteiger partial charge < -0.3 is 10.1 Å². The fourth-order valence-electron chi connectivity index (χ4n) is 2.26. The fraction of sp³-hybridized carbons (Fsp3) is 0.167. The second-order valence-corrected chi connectivity index (χ2v) is 5.58. The summed E-state index contributed by atoms with van der Waals surface area (Å²) in [4.78, 5) is 23.0. The molecule has 0 spiro atoms. The van der Waals surface area contributed by atoms with Crippen LogP contribution in [0.15, 0.2) is 48.9 Å². The Labute approximate surface area is 150 Å². The van der Waals surface area contributed by atoms with E-state index in [1.165, 1.54) is 6.33 Å². The Morgan fingerprint density at radius 2 is 1.88 bits per heavy atom. The minimum absolute atomic E-state index is 0.0153. The zero-order chi connectivity index (χ0) is 18.5. The van der Waals surface area contributed by atoms with Crippen LogP contribution in [0.2, 0.25) is 0 Å². The van der Waals surface area contributed by atoms with E-state index in [0.717, 1.165) is 17.5 Å². The van der Waals surface area contributed by atoms with Gasteiger partial charge in [-0.25, -0.2) is 9.97 Å². The highest BCUT2D eigenvalue weighted by atomic mass is 16.6. The number of nitrogens with zero attached hydrogens (tertiary/aromatic N) is 4. The molecule has 0 aliphatic carbocycles. The standard InChI is InChI=1S/C18H17N5O3/c1-3-13-5-7-14(8-6-13)26-18-16(23(24)25)17(20-11-21-18)22-15-9-4-12(2)10-19-15/h4-11H,3H2,1-2H3,(H,19,20,21,22). The van der Waals surface area contributed by atoms with Crippen LogP contribution >= 0.6 is 0 Å². The third-order valence-corrected chi connectivity index (χ3v) is 3.68. The highest BCUT2D eigenvalue weighted by Crippen LogP contribution is 2.35. The average Bonchev–Trinajstić information content (AvgIpc) is 2.64. The number of aryl methyl sites for hydroxylation is 2. The van der Waals surface area contributed by atoms with E-state index < -0.39 is 4.92 Å². The van der Waals surface area contributed by atoms with Crippen LogP contribution in [0, 0.1) is 17.0 Å². The largest absolute Gasteiger partial charge is 0.434 e. The van der Waals surface area contributed by atoms with E-state index in [1.54, 1.807) is 24.4 Å². The van der Waals surface area contributed by atoms with Gasteiger partial charge in [-0.1, -0.05) is 25.1 Å². The van der Waals surface area contributed by atoms with Gasteiger partial charge in [0.15, 0.2) is 0 Å². The second-order valence-electron chi connectivity index (χ2n) is 5.58. The predicted octanol–water partition coefficient (Wildman–Crippen LogP) is 4.19. The number of benzene rings is 1. The molecule has 0 aliphatic heterocycles. The number of hydrogen-bond donors (Lipinski definition) is 1. The SMILES string of the molecule is CCc1ccc(Oc2ncnc(Nc3ccc(C)cn3)c2[N+](=O)[O-])cc1. The summed E-state index contributed by atoms with van der Waals surface area (Å²) in [5, 5.41) is 14.4. The third-order valence-electron chi connectivity index (χ3n) is 3.68. The van der Waals surface area contributed by atoms with Crippen LogP contribution in [-0.4, -0.2) is 19.9 Å². The Balaban J connectivity index is 1.92. The quantitative estimate of drug-likeness (QED) is 0.524. The fourth-order valence-corrected chi connectivity index (χ4v) is 2.26. The lowest BCUT2D eigenvalue weighted by Crippen LogP contribution is -2.04. The number of aromatic nitrogens is 3. The molecule has 0 amide bonds. The van der Waals surface area contributed by atoms with Crippen molar-refractivity contribution in [1.29, 1.82) is 0 Å². The molecule has 1 aromatic carbocycles. The molecule has 0 atom stereocenters. The Morgan fingerprint density at radius 1 is 1.12 bits per heavy atom. The third kappa shape index (κ3) is 3.92. The lowest BCUT2D eigenvalue weighted by molar-refractivity contribution is -0.385. The lowest BCUT2D eigenvalue weighted by atomic mass is 10.2. The lowest BCUT2D eigenvalue weighted by Gasteiger charge is -2.09. The molecule has 1 N–H and O–H groups in total. The molecule has 132 valence electrons. The van der Waals surface area contributed by atoms with Crippen LogP contribution in [0.25, 0.3) is 0 Å². The Kier molecular flexibility index (Phi) is 5.02. The summed E-state index contributed by atoms with van der Waals surface area (Å²) < 4.78 is 5.61. The Morgan fingerprint density at radius 3 is 2.50 bits per heavy atom. The normalized spacial score (nSPS) is 10.4. The molecule has 0 unspecified atom stereocenters. The molecule has 3 aromatic rings. The monoisotopic (exact) mass is 351 g/mol. The van der Waals surface area contributed by atoms with Crippen molar-refractivity contribution in [2.24, 2.45) is 0 Å². The van der Waals surface area contributed by atoms with Crippen LogP contribution in [0.5, 0.6) is 11.6 Å². The maximum Gasteiger partial charge on any atom is 0.373 e. The van der Waals surface area contributed by atoms with Crippen molar-refractivity contribution >= 4 is 17.3 Å². The van der Waals surface area contributed by atoms with Crippen LogP contribution in [0.3, 0.4) is 0 Å². The van der Waals surface area contributed by atoms with Crippen molar-refractivity contribution < 1.29 is 9.66 Å². The van der Waals surface area contributed by atoms with E-state index in [4.69, 9.17) is 4.74 Å². The summed E-state index contributed by atoms with van der Waals surface area (Å²) in [6.45, 7) is 3.95. The van der Waals surface area contributed by atoms with Crippen molar-refractivity contribution in [3.05, 3.63) is 70.2 Å². The van der Waals surface area contributed by atoms with E-state index in [9.17, 15) is 10.1 Å². The summed E-state index contributed by atoms with van der Waals surface area (Å²) in [5.74, 6) is 0.782. The molecule has 0 radical (unpaired) electrons. The number of nitrogens with one attached hydrogen (secondary N) is 1. The molecule has 0 saturated heterocycles. The van der Waals surface area contributed by atoms with Gasteiger partial charge in [-0.15, -0.1) is 0 Å². The van der Waals surface area contributed by atoms with Crippen molar-refractivity contribution in [2.75, 3.05) is 5.32 Å². The van der Waals surface area contributed by atoms with E-state index in [2.05, 4.69) is 20.3 Å². The van der Waals surface area contributed by atoms with E-state index >= 15 is 0 Å². The first-order valence-corrected chi connectivity index (χ1v) is 8.02. The Bertz CT molecular complexity index is 911. The van der Waals surface area contributed by atoms with E-state index in [0.29, 0.717) is 11.6 Å². The predicted molar refractivity (Wildman–Crippen MR) is 96.8 cm³/mol. The summed E-state index contributed by atoms with van der Waals surface area (Å²) in [6.07, 6.45) is 3.76. The van der Waals surface area contributed by atoms with E-state index in [1.807, 2.05) is 32.0 Å². The molecule has 0 aliphatic rings. The van der Waals surface area contributed by atoms with Crippen molar-refractivity contribution in [3.8, 4) is 11.6 Å². The second kappa shape index (κ2) is 7.56. The van der Waals surface area contributed by atoms with Gasteiger partial charge in [-0.3, -0.25) is 10.1 Å². The maximum atomic E-state index is 11.6. The summed E-state index contributed by atoms with van der Waals surface area (Å²) >= 11 is 0. The van der Waals surface area contributed by atoms with Crippen molar-refractivity contribution in [2.45, 2.75) is 20.3 Å². The molecule has 8 heteroatoms. The van der Waals surface area contributed by atoms with Crippen LogP contribution in [-0.2, 0) is 6.42 Å². The molecule has 26 heavy (non-hydrogen) atoms. The number of ether oxygens (including phenoxy) is 1. The van der Waals surface area contributed by atoms with Crippen LogP contribution < -0.4 is 10.1 Å². The zero-order valence-electron chi connectivity index (χ0n) is 14.3. The minimum Gasteiger partial charge on any atom is -0.434 e. The number of nitro groups is 1. The smallest absolute Gasteiger partial charge is 0.373 e. The number of anilines is 2. The van der Waals surface area contributed by atoms with Gasteiger partial charge >= 0.3 is 11.6 Å². The van der Waals surface area contributed by atoms with Gasteiger partial charge in [0, 0.05) is 6.20 Å². The highest BCUT2D eigenvalue weighted by molar-refractivity contribution is 5.67. The average molecular weight is 351 g/mol. The minimum atomic E-state index is -0.577. The molecule has 0 saturated carbocycles. The molecule has 0 fully saturated rings. The van der Waals surface area contributed by atoms with E-state index in [-0.39, 0.29) is 17.4 Å². The number of pyridine rings is 1. The number of hydrogen-bond acceptors (Lipinski definition) is 7. The maximum absolute atomic E-state index is 11.6. The first-order valence-electron chi connectivity index (χ1n) is 8.02. The van der Waals surface area contributed by atoms with Crippen molar-refractivity contribution in [3.63, 3.8) is 0 Å². The molecule has 3 rings (SSSR count). The molecule has 2 heterocycles. The first kappa shape index (κ1) is 17.3. The zero-order valence-corrected chi connectivity index (χ0v) is 14.3. The van der Waals surface area contributed by atoms with Crippen molar-refractivity contribution in [1.82, 2.24) is 15.0 Å². The molecule has 2 aromatic heterocycles. The van der Waals surface area contributed by atoms with Crippen LogP contribution in [0.4, 0.5) is 17.3 Å². The highest BCUT2D eigenvalue weighted by Gasteiger charge is 2.25. The summed E-state index contributed by atoms with van der Waals surface area (Å²) in [7, 11) is 0. The molecule has 0 bridgehead atoms. The van der Waals surface area contributed by atoms with Gasteiger partial charge in [0.1, 0.15) is 17.9 Å². The first-order chi connectivity index (χ1) is 12.6. The summed E-state index contributed by atoms with van der Waals surface area (Å²) in [6, 6.07) is 10.9. The molecule has 8 nitrogen and oxygen atoms in total. The van der Waals surface area contributed by atoms with Crippen LogP contribution in [0.1, 0.15) is 18.1 Å². The molecular formula is C18H17N5O3. The number of rotatable bonds is 6. The topological polar surface area (TPSA) is 103 Å².